The number of aliphatic hydroxyl groups excluding tert-OH is 1. The minimum Gasteiger partial charge on any atom is -0.393 e. The van der Waals surface area contributed by atoms with Gasteiger partial charge in [-0.15, -0.1) is 0 Å². The zero-order chi connectivity index (χ0) is 16.2. The molecule has 4 nitrogen and oxygen atoms in total. The number of piperidine rings is 1. The van der Waals surface area contributed by atoms with Crippen LogP contribution < -0.4 is 5.32 Å². The Bertz CT molecular complexity index is 376. The van der Waals surface area contributed by atoms with E-state index in [1.807, 2.05) is 0 Å². The normalized spacial score (nSPS) is 31.0. The molecule has 22 heavy (non-hydrogen) atoms. The molecule has 0 radical (unpaired) electrons. The van der Waals surface area contributed by atoms with Gasteiger partial charge in [0.15, 0.2) is 0 Å². The Morgan fingerprint density at radius 1 is 1.23 bits per heavy atom. The summed E-state index contributed by atoms with van der Waals surface area (Å²) in [5, 5.41) is 12.5. The van der Waals surface area contributed by atoms with Gasteiger partial charge >= 0.3 is 6.18 Å². The quantitative estimate of drug-likeness (QED) is 0.831. The van der Waals surface area contributed by atoms with Crippen LogP contribution >= 0.6 is 0 Å². The molecule has 3 atom stereocenters. The average Bonchev–Trinajstić information content (AvgIpc) is 2.43. The topological polar surface area (TPSA) is 52.6 Å². The number of nitrogens with zero attached hydrogens (tertiary/aromatic N) is 1. The van der Waals surface area contributed by atoms with Crippen molar-refractivity contribution in [3.8, 4) is 0 Å². The van der Waals surface area contributed by atoms with Crippen LogP contribution in [0.2, 0.25) is 0 Å². The fourth-order valence-electron chi connectivity index (χ4n) is 3.50. The molecule has 128 valence electrons. The van der Waals surface area contributed by atoms with Crippen LogP contribution in [0.25, 0.3) is 0 Å². The second-order valence-corrected chi connectivity index (χ2v) is 6.62. The van der Waals surface area contributed by atoms with Crippen LogP contribution in [0.1, 0.15) is 38.5 Å². The molecule has 1 aliphatic heterocycles. The number of halogens is 3. The lowest BCUT2D eigenvalue weighted by Crippen LogP contribution is -2.46. The summed E-state index contributed by atoms with van der Waals surface area (Å²) in [5.41, 5.74) is 0. The number of nitrogens with one attached hydrogen (secondary N) is 1. The van der Waals surface area contributed by atoms with Crippen LogP contribution in [0, 0.1) is 11.8 Å². The molecule has 2 rings (SSSR count). The van der Waals surface area contributed by atoms with Gasteiger partial charge in [0.2, 0.25) is 5.91 Å². The molecule has 0 aromatic rings. The summed E-state index contributed by atoms with van der Waals surface area (Å²) in [6.45, 7) is 0.161. The molecule has 1 saturated carbocycles. The van der Waals surface area contributed by atoms with Crippen molar-refractivity contribution >= 4 is 5.91 Å². The molecule has 1 aliphatic carbocycles. The maximum absolute atomic E-state index is 12.4. The Kier molecular flexibility index (Phi) is 6.09. The van der Waals surface area contributed by atoms with Gasteiger partial charge in [-0.1, -0.05) is 6.42 Å². The Morgan fingerprint density at radius 2 is 2.00 bits per heavy atom. The highest BCUT2D eigenvalue weighted by Gasteiger charge is 2.34. The number of carbonyl (C=O) groups excluding carboxylic acids is 1. The summed E-state index contributed by atoms with van der Waals surface area (Å²) >= 11 is 0. The number of rotatable bonds is 4. The van der Waals surface area contributed by atoms with Crippen LogP contribution in [-0.4, -0.2) is 54.4 Å². The van der Waals surface area contributed by atoms with Crippen molar-refractivity contribution < 1.29 is 23.1 Å². The lowest BCUT2D eigenvalue weighted by molar-refractivity contribution is -0.152. The van der Waals surface area contributed by atoms with Crippen molar-refractivity contribution in [3.63, 3.8) is 0 Å². The number of hydrogen-bond donors (Lipinski definition) is 2. The number of alkyl halides is 3. The maximum Gasteiger partial charge on any atom is 0.401 e. The van der Waals surface area contributed by atoms with Gasteiger partial charge in [0, 0.05) is 13.1 Å². The molecule has 0 aromatic heterocycles. The molecule has 1 saturated heterocycles. The van der Waals surface area contributed by atoms with Crippen LogP contribution in [0.15, 0.2) is 0 Å². The second-order valence-electron chi connectivity index (χ2n) is 6.62. The smallest absolute Gasteiger partial charge is 0.393 e. The van der Waals surface area contributed by atoms with Crippen molar-refractivity contribution in [2.75, 3.05) is 26.2 Å². The summed E-state index contributed by atoms with van der Waals surface area (Å²) in [6.07, 6.45) is 0.241. The first-order chi connectivity index (χ1) is 10.3. The molecule has 1 heterocycles. The second kappa shape index (κ2) is 7.64. The number of aliphatic hydroxyl groups is 1. The highest BCUT2D eigenvalue weighted by molar-refractivity contribution is 5.78. The van der Waals surface area contributed by atoms with Crippen molar-refractivity contribution in [1.82, 2.24) is 10.2 Å². The van der Waals surface area contributed by atoms with Crippen LogP contribution in [-0.2, 0) is 4.79 Å². The van der Waals surface area contributed by atoms with Crippen molar-refractivity contribution in [1.29, 1.82) is 0 Å². The van der Waals surface area contributed by atoms with E-state index < -0.39 is 12.7 Å². The third-order valence-electron chi connectivity index (χ3n) is 4.60. The fourth-order valence-corrected chi connectivity index (χ4v) is 3.50. The first kappa shape index (κ1) is 17.5. The molecule has 3 unspecified atom stereocenters. The van der Waals surface area contributed by atoms with Gasteiger partial charge in [-0.2, -0.15) is 13.2 Å². The molecule has 0 spiro atoms. The first-order valence-electron chi connectivity index (χ1n) is 8.08. The molecule has 2 aliphatic rings. The van der Waals surface area contributed by atoms with Gasteiger partial charge in [0.25, 0.3) is 0 Å². The van der Waals surface area contributed by atoms with E-state index in [1.165, 1.54) is 4.90 Å². The molecule has 7 heteroatoms. The summed E-state index contributed by atoms with van der Waals surface area (Å²) < 4.78 is 37.3. The largest absolute Gasteiger partial charge is 0.401 e. The molecule has 2 N–H and O–H groups in total. The summed E-state index contributed by atoms with van der Waals surface area (Å²) in [5.74, 6) is -0.223. The van der Waals surface area contributed by atoms with Crippen LogP contribution in [0.5, 0.6) is 0 Å². The third-order valence-corrected chi connectivity index (χ3v) is 4.60. The number of amides is 1. The zero-order valence-electron chi connectivity index (χ0n) is 12.7. The first-order valence-corrected chi connectivity index (χ1v) is 8.08. The Balaban J connectivity index is 1.74. The molecule has 2 fully saturated rings. The number of likely N-dealkylation sites (tertiary alicyclic amines) is 1. The van der Waals surface area contributed by atoms with E-state index in [9.17, 15) is 23.1 Å². The lowest BCUT2D eigenvalue weighted by atomic mass is 9.87. The van der Waals surface area contributed by atoms with Gasteiger partial charge in [0.1, 0.15) is 0 Å². The van der Waals surface area contributed by atoms with E-state index in [2.05, 4.69) is 5.32 Å². The Morgan fingerprint density at radius 3 is 2.68 bits per heavy atom. The minimum atomic E-state index is -4.21. The van der Waals surface area contributed by atoms with E-state index in [4.69, 9.17) is 0 Å². The molecular weight excluding hydrogens is 297 g/mol. The van der Waals surface area contributed by atoms with Gasteiger partial charge in [-0.25, -0.2) is 0 Å². The SMILES string of the molecule is O=C(NCC1CCCC(O)C1)C1CCCN(CC(F)(F)F)C1. The van der Waals surface area contributed by atoms with E-state index in [0.717, 1.165) is 19.3 Å². The monoisotopic (exact) mass is 322 g/mol. The van der Waals surface area contributed by atoms with Crippen LogP contribution in [0.4, 0.5) is 13.2 Å². The van der Waals surface area contributed by atoms with Crippen molar-refractivity contribution in [3.05, 3.63) is 0 Å². The van der Waals surface area contributed by atoms with Gasteiger partial charge in [0.05, 0.1) is 18.6 Å². The zero-order valence-corrected chi connectivity index (χ0v) is 12.7. The van der Waals surface area contributed by atoms with Gasteiger partial charge < -0.3 is 10.4 Å². The number of hydrogen-bond acceptors (Lipinski definition) is 3. The van der Waals surface area contributed by atoms with E-state index in [-0.39, 0.29) is 30.4 Å². The van der Waals surface area contributed by atoms with E-state index >= 15 is 0 Å². The fraction of sp³-hybridized carbons (Fsp3) is 0.933. The summed E-state index contributed by atoms with van der Waals surface area (Å²) in [7, 11) is 0. The molecule has 0 bridgehead atoms. The third kappa shape index (κ3) is 5.76. The van der Waals surface area contributed by atoms with Crippen LogP contribution in [0.3, 0.4) is 0 Å². The summed E-state index contributed by atoms with van der Waals surface area (Å²) in [6, 6.07) is 0. The van der Waals surface area contributed by atoms with Crippen molar-refractivity contribution in [2.45, 2.75) is 50.8 Å². The van der Waals surface area contributed by atoms with Gasteiger partial charge in [-0.05, 0) is 44.6 Å². The van der Waals surface area contributed by atoms with E-state index in [0.29, 0.717) is 32.4 Å². The van der Waals surface area contributed by atoms with Gasteiger partial charge in [-0.3, -0.25) is 9.69 Å². The summed E-state index contributed by atoms with van der Waals surface area (Å²) in [4.78, 5) is 13.5. The lowest BCUT2D eigenvalue weighted by Gasteiger charge is -2.33. The minimum absolute atomic E-state index is 0.146. The van der Waals surface area contributed by atoms with Crippen molar-refractivity contribution in [2.24, 2.45) is 11.8 Å². The predicted molar refractivity (Wildman–Crippen MR) is 76.2 cm³/mol. The highest BCUT2D eigenvalue weighted by Crippen LogP contribution is 2.25. The molecule has 0 aromatic carbocycles. The molecular formula is C15H25F3N2O2. The highest BCUT2D eigenvalue weighted by atomic mass is 19.4. The predicted octanol–water partition coefficient (Wildman–Crippen LogP) is 1.93. The standard InChI is InChI=1S/C15H25F3N2O2/c16-15(17,18)10-20-6-2-4-12(9-20)14(22)19-8-11-3-1-5-13(21)7-11/h11-13,21H,1-10H2,(H,19,22). The average molecular weight is 322 g/mol. The number of carbonyl (C=O) groups is 1. The Hall–Kier alpha value is -0.820. The van der Waals surface area contributed by atoms with E-state index in [1.54, 1.807) is 0 Å². The Labute approximate surface area is 129 Å². The molecule has 1 amide bonds. The maximum atomic E-state index is 12.4.